The van der Waals surface area contributed by atoms with Crippen molar-refractivity contribution in [2.75, 3.05) is 6.61 Å². The largest absolute Gasteiger partial charge is 0.466 e. The number of oxime groups is 1. The van der Waals surface area contributed by atoms with Gasteiger partial charge in [0.05, 0.1) is 17.3 Å². The molecule has 0 N–H and O–H groups in total. The lowest BCUT2D eigenvalue weighted by Crippen LogP contribution is -2.08. The molecule has 0 saturated carbocycles. The third kappa shape index (κ3) is 9.05. The number of carbonyl (C=O) groups is 1. The van der Waals surface area contributed by atoms with Crippen molar-refractivity contribution in [1.82, 2.24) is 0 Å². The summed E-state index contributed by atoms with van der Waals surface area (Å²) in [6.45, 7) is 0.404. The lowest BCUT2D eigenvalue weighted by Gasteiger charge is -2.10. The Bertz CT molecular complexity index is 616. The molecule has 1 aromatic carbocycles. The number of esters is 1. The van der Waals surface area contributed by atoms with Gasteiger partial charge in [-0.2, -0.15) is 0 Å². The van der Waals surface area contributed by atoms with Gasteiger partial charge < -0.3 is 9.57 Å². The highest BCUT2D eigenvalue weighted by Crippen LogP contribution is 2.20. The smallest absolute Gasteiger partial charge is 0.305 e. The minimum Gasteiger partial charge on any atom is -0.466 e. The molecule has 4 nitrogen and oxygen atoms in total. The maximum atomic E-state index is 13.8. The number of rotatable bonds is 3. The van der Waals surface area contributed by atoms with E-state index in [4.69, 9.17) is 21.2 Å². The summed E-state index contributed by atoms with van der Waals surface area (Å²) in [4.78, 5) is 17.1. The van der Waals surface area contributed by atoms with Crippen molar-refractivity contribution in [3.8, 4) is 0 Å². The van der Waals surface area contributed by atoms with Crippen LogP contribution in [0.3, 0.4) is 0 Å². The van der Waals surface area contributed by atoms with Crippen molar-refractivity contribution in [2.45, 2.75) is 83.7 Å². The molecule has 0 bridgehead atoms. The average molecular weight is 412 g/mol. The second-order valence-corrected chi connectivity index (χ2v) is 7.69. The van der Waals surface area contributed by atoms with Gasteiger partial charge in [-0.05, 0) is 44.2 Å². The molecule has 1 saturated heterocycles. The fraction of sp³-hybridized carbons (Fsp3) is 0.636. The number of hydrogen-bond donors (Lipinski definition) is 0. The Labute approximate surface area is 172 Å². The van der Waals surface area contributed by atoms with Crippen LogP contribution in [0.15, 0.2) is 23.4 Å². The van der Waals surface area contributed by atoms with E-state index < -0.39 is 5.82 Å². The van der Waals surface area contributed by atoms with Crippen LogP contribution in [0.25, 0.3) is 0 Å². The van der Waals surface area contributed by atoms with E-state index in [0.29, 0.717) is 36.5 Å². The van der Waals surface area contributed by atoms with E-state index in [1.54, 1.807) is 12.1 Å². The monoisotopic (exact) mass is 411 g/mol. The average Bonchev–Trinajstić information content (AvgIpc) is 2.67. The van der Waals surface area contributed by atoms with Crippen LogP contribution in [0.5, 0.6) is 0 Å². The maximum absolute atomic E-state index is 13.8. The van der Waals surface area contributed by atoms with Gasteiger partial charge in [0, 0.05) is 12.0 Å². The molecule has 1 heterocycles. The minimum absolute atomic E-state index is 0.00396. The summed E-state index contributed by atoms with van der Waals surface area (Å²) in [5.74, 6) is -0.506. The molecule has 0 spiro atoms. The fourth-order valence-corrected chi connectivity index (χ4v) is 3.49. The van der Waals surface area contributed by atoms with Gasteiger partial charge in [0.15, 0.2) is 0 Å². The zero-order chi connectivity index (χ0) is 20.0. The van der Waals surface area contributed by atoms with Crippen molar-refractivity contribution in [3.05, 3.63) is 34.6 Å². The van der Waals surface area contributed by atoms with Crippen molar-refractivity contribution < 1.29 is 18.8 Å². The summed E-state index contributed by atoms with van der Waals surface area (Å²) in [5.41, 5.74) is 1.24. The Morgan fingerprint density at radius 1 is 0.964 bits per heavy atom. The molecule has 0 aliphatic carbocycles. The molecule has 1 aromatic rings. The Morgan fingerprint density at radius 2 is 1.61 bits per heavy atom. The second-order valence-electron chi connectivity index (χ2n) is 7.28. The van der Waals surface area contributed by atoms with Crippen LogP contribution in [-0.4, -0.2) is 18.3 Å². The van der Waals surface area contributed by atoms with E-state index in [1.165, 1.54) is 38.2 Å². The number of halogens is 2. The van der Waals surface area contributed by atoms with Gasteiger partial charge in [0.2, 0.25) is 0 Å². The van der Waals surface area contributed by atoms with Crippen LogP contribution in [0.1, 0.15) is 82.6 Å². The molecule has 0 radical (unpaired) electrons. The van der Waals surface area contributed by atoms with E-state index in [-0.39, 0.29) is 12.6 Å². The van der Waals surface area contributed by atoms with Crippen molar-refractivity contribution in [1.29, 1.82) is 0 Å². The van der Waals surface area contributed by atoms with E-state index in [2.05, 4.69) is 5.16 Å². The van der Waals surface area contributed by atoms with E-state index in [1.807, 2.05) is 0 Å². The number of carbonyl (C=O) groups excluding carboxylic acids is 1. The number of hydrogen-bond acceptors (Lipinski definition) is 4. The topological polar surface area (TPSA) is 47.9 Å². The quantitative estimate of drug-likeness (QED) is 0.416. The number of nitrogens with zero attached hydrogens (tertiary/aromatic N) is 1. The summed E-state index contributed by atoms with van der Waals surface area (Å²) in [5, 5.41) is 4.57. The zero-order valence-electron chi connectivity index (χ0n) is 16.6. The van der Waals surface area contributed by atoms with Crippen LogP contribution in [-0.2, 0) is 21.0 Å². The molecule has 1 aliphatic rings. The van der Waals surface area contributed by atoms with Gasteiger partial charge in [0.1, 0.15) is 12.4 Å². The number of benzene rings is 1. The van der Waals surface area contributed by atoms with Gasteiger partial charge in [0.25, 0.3) is 0 Å². The Kier molecular flexibility index (Phi) is 11.0. The summed E-state index contributed by atoms with van der Waals surface area (Å²) in [6, 6.07) is 4.56. The lowest BCUT2D eigenvalue weighted by molar-refractivity contribution is -0.143. The maximum Gasteiger partial charge on any atom is 0.305 e. The first kappa shape index (κ1) is 22.7. The Balaban J connectivity index is 1.87. The highest BCUT2D eigenvalue weighted by atomic mass is 35.5. The molecule has 1 aliphatic heterocycles. The zero-order valence-corrected chi connectivity index (χ0v) is 17.3. The third-order valence-electron chi connectivity index (χ3n) is 4.93. The normalized spacial score (nSPS) is 19.9. The van der Waals surface area contributed by atoms with E-state index in [0.717, 1.165) is 31.4 Å². The minimum atomic E-state index is -0.391. The molecular formula is C22H31ClFNO3. The third-order valence-corrected chi connectivity index (χ3v) is 5.29. The molecular weight excluding hydrogens is 381 g/mol. The Morgan fingerprint density at radius 3 is 2.32 bits per heavy atom. The number of ether oxygens (including phenoxy) is 1. The molecule has 2 rings (SSSR count). The summed E-state index contributed by atoms with van der Waals surface area (Å²) < 4.78 is 19.1. The predicted octanol–water partition coefficient (Wildman–Crippen LogP) is 6.59. The molecule has 1 fully saturated rings. The molecule has 6 heteroatoms. The molecule has 0 aromatic heterocycles. The summed E-state index contributed by atoms with van der Waals surface area (Å²) >= 11 is 6.02. The standard InChI is InChI=1S/C22H31ClFNO3/c23-20-13-9-14-21(24)19(20)17-28-25-18-11-7-5-3-1-2-4-6-8-15-22(26)27-16-10-12-18/h9,13-14H,1-8,10-12,15-17H2/b25-18+. The van der Waals surface area contributed by atoms with Gasteiger partial charge in [-0.3, -0.25) is 4.79 Å². The van der Waals surface area contributed by atoms with Crippen molar-refractivity contribution in [3.63, 3.8) is 0 Å². The van der Waals surface area contributed by atoms with Gasteiger partial charge in [-0.1, -0.05) is 61.3 Å². The molecule has 28 heavy (non-hydrogen) atoms. The van der Waals surface area contributed by atoms with Crippen LogP contribution in [0, 0.1) is 5.82 Å². The molecule has 0 atom stereocenters. The highest BCUT2D eigenvalue weighted by molar-refractivity contribution is 6.31. The van der Waals surface area contributed by atoms with Crippen molar-refractivity contribution >= 4 is 23.3 Å². The fourth-order valence-electron chi connectivity index (χ4n) is 3.27. The van der Waals surface area contributed by atoms with E-state index in [9.17, 15) is 9.18 Å². The molecule has 0 unspecified atom stereocenters. The lowest BCUT2D eigenvalue weighted by atomic mass is 10.0. The predicted molar refractivity (Wildman–Crippen MR) is 110 cm³/mol. The molecule has 0 amide bonds. The van der Waals surface area contributed by atoms with Gasteiger partial charge in [-0.15, -0.1) is 0 Å². The van der Waals surface area contributed by atoms with Crippen LogP contribution in [0.4, 0.5) is 4.39 Å². The summed E-state index contributed by atoms with van der Waals surface area (Å²) in [6.07, 6.45) is 11.9. The van der Waals surface area contributed by atoms with E-state index >= 15 is 0 Å². The number of cyclic esters (lactones) is 1. The first-order valence-corrected chi connectivity index (χ1v) is 10.8. The van der Waals surface area contributed by atoms with Crippen molar-refractivity contribution in [2.24, 2.45) is 5.16 Å². The van der Waals surface area contributed by atoms with Crippen LogP contribution in [0.2, 0.25) is 5.02 Å². The molecule has 156 valence electrons. The first-order valence-electron chi connectivity index (χ1n) is 10.4. The van der Waals surface area contributed by atoms with Gasteiger partial charge >= 0.3 is 5.97 Å². The van der Waals surface area contributed by atoms with Crippen LogP contribution < -0.4 is 0 Å². The first-order chi connectivity index (χ1) is 13.7. The SMILES string of the molecule is O=C1CCCCCCCCCC/C(=N\OCc2c(F)cccc2Cl)CCCO1. The second kappa shape index (κ2) is 13.5. The van der Waals surface area contributed by atoms with Gasteiger partial charge in [-0.25, -0.2) is 4.39 Å². The Hall–Kier alpha value is -1.62. The summed E-state index contributed by atoms with van der Waals surface area (Å²) in [7, 11) is 0. The highest BCUT2D eigenvalue weighted by Gasteiger charge is 2.09. The van der Waals surface area contributed by atoms with Crippen LogP contribution >= 0.6 is 11.6 Å².